The second-order valence-electron chi connectivity index (χ2n) is 9.42. The number of rotatable bonds is 5. The van der Waals surface area contributed by atoms with Gasteiger partial charge in [0.15, 0.2) is 0 Å². The quantitative estimate of drug-likeness (QED) is 0.482. The lowest BCUT2D eigenvalue weighted by atomic mass is 9.61. The summed E-state index contributed by atoms with van der Waals surface area (Å²) in [5, 5.41) is 0. The van der Waals surface area contributed by atoms with Gasteiger partial charge in [-0.05, 0) is 117 Å². The van der Waals surface area contributed by atoms with Crippen LogP contribution in [-0.4, -0.2) is 0 Å². The zero-order valence-electron chi connectivity index (χ0n) is 16.7. The molecule has 0 aromatic heterocycles. The molecule has 0 nitrogen and oxygen atoms in total. The molecule has 0 saturated heterocycles. The molecule has 3 unspecified atom stereocenters. The maximum absolute atomic E-state index is 12.5. The fourth-order valence-corrected chi connectivity index (χ4v) is 6.33. The Kier molecular flexibility index (Phi) is 6.15. The number of hydrogen-bond acceptors (Lipinski definition) is 0. The van der Waals surface area contributed by atoms with E-state index in [0.29, 0.717) is 5.92 Å². The van der Waals surface area contributed by atoms with Crippen molar-refractivity contribution >= 4 is 0 Å². The molecule has 4 rings (SSSR count). The normalized spacial score (nSPS) is 33.4. The van der Waals surface area contributed by atoms with Gasteiger partial charge in [0.25, 0.3) is 0 Å². The predicted molar refractivity (Wildman–Crippen MR) is 112 cm³/mol. The average Bonchev–Trinajstić information content (AvgIpc) is 2.71. The van der Waals surface area contributed by atoms with Gasteiger partial charge in [-0.2, -0.15) is 0 Å². The second-order valence-corrected chi connectivity index (χ2v) is 9.42. The topological polar surface area (TPSA) is 0 Å². The first-order valence-electron chi connectivity index (χ1n) is 11.2. The summed E-state index contributed by atoms with van der Waals surface area (Å²) >= 11 is 0. The van der Waals surface area contributed by atoms with Crippen LogP contribution in [-0.2, 0) is 19.3 Å². The van der Waals surface area contributed by atoms with Crippen molar-refractivity contribution in [2.45, 2.75) is 70.6 Å². The molecule has 1 aromatic carbocycles. The fraction of sp³-hybridized carbons (Fsp3) is 0.615. The predicted octanol–water partition coefficient (Wildman–Crippen LogP) is 7.23. The first kappa shape index (κ1) is 19.0. The minimum absolute atomic E-state index is 0.504. The molecule has 3 aliphatic carbocycles. The highest BCUT2D eigenvalue weighted by Gasteiger charge is 2.38. The number of allylic oxidation sites excluding steroid dienone is 2. The van der Waals surface area contributed by atoms with Crippen LogP contribution in [0.1, 0.15) is 68.1 Å². The average molecular weight is 367 g/mol. The highest BCUT2D eigenvalue weighted by Crippen LogP contribution is 2.48. The zero-order valence-corrected chi connectivity index (χ0v) is 16.7. The van der Waals surface area contributed by atoms with E-state index < -0.39 is 0 Å². The van der Waals surface area contributed by atoms with E-state index >= 15 is 0 Å². The summed E-state index contributed by atoms with van der Waals surface area (Å²) in [4.78, 5) is 0. The lowest BCUT2D eigenvalue weighted by Crippen LogP contribution is -2.34. The van der Waals surface area contributed by atoms with E-state index in [2.05, 4.69) is 24.8 Å². The van der Waals surface area contributed by atoms with Gasteiger partial charge in [-0.15, -0.1) is 6.58 Å². The first-order chi connectivity index (χ1) is 13.3. The number of fused-ring (bicyclic) bond motifs is 2. The molecular formula is C26H35F. The Morgan fingerprint density at radius 3 is 2.52 bits per heavy atom. The van der Waals surface area contributed by atoms with E-state index in [1.54, 1.807) is 11.1 Å². The van der Waals surface area contributed by atoms with Gasteiger partial charge in [-0.25, -0.2) is 4.39 Å². The summed E-state index contributed by atoms with van der Waals surface area (Å²) in [7, 11) is 0. The number of aryl methyl sites for hydroxylation is 2. The number of hydrogen-bond donors (Lipinski definition) is 0. The standard InChI is InChI=1S/C26H35F/c1-2-3-4-19-5-7-23-17-25(11-9-21(23)15-19)26-12-10-22-16-20(13-14-27)6-8-24(22)18-26/h2,5,7,13-15,20,22,24-26H,1,3-4,6,8-12,16-18H2/t20-,22?,24+,25?,26?/m0/s1. The number of benzene rings is 1. The SMILES string of the molecule is C=CCCc1ccc2c(c1)CCC(C1CCC3C[C@H](C=CF)CC[C@@H]3C1)C2. The van der Waals surface area contributed by atoms with Crippen molar-refractivity contribution in [3.63, 3.8) is 0 Å². The third-order valence-corrected chi connectivity index (χ3v) is 7.88. The van der Waals surface area contributed by atoms with Crippen LogP contribution in [0.2, 0.25) is 0 Å². The Hall–Kier alpha value is -1.37. The monoisotopic (exact) mass is 366 g/mol. The minimum Gasteiger partial charge on any atom is -0.216 e. The summed E-state index contributed by atoms with van der Waals surface area (Å²) in [6.45, 7) is 3.85. The first-order valence-corrected chi connectivity index (χ1v) is 11.2. The second kappa shape index (κ2) is 8.76. The molecule has 5 atom stereocenters. The minimum atomic E-state index is 0.504. The summed E-state index contributed by atoms with van der Waals surface area (Å²) < 4.78 is 12.5. The van der Waals surface area contributed by atoms with Crippen molar-refractivity contribution in [1.29, 1.82) is 0 Å². The fourth-order valence-electron chi connectivity index (χ4n) is 6.33. The van der Waals surface area contributed by atoms with E-state index in [1.807, 2.05) is 12.2 Å². The maximum Gasteiger partial charge on any atom is 0.0829 e. The van der Waals surface area contributed by atoms with Gasteiger partial charge >= 0.3 is 0 Å². The van der Waals surface area contributed by atoms with Gasteiger partial charge in [-0.3, -0.25) is 0 Å². The van der Waals surface area contributed by atoms with Gasteiger partial charge in [0.2, 0.25) is 0 Å². The number of halogens is 1. The third-order valence-electron chi connectivity index (χ3n) is 7.88. The van der Waals surface area contributed by atoms with Crippen LogP contribution in [0.5, 0.6) is 0 Å². The molecule has 1 heteroatoms. The summed E-state index contributed by atoms with van der Waals surface area (Å²) in [6, 6.07) is 7.23. The summed E-state index contributed by atoms with van der Waals surface area (Å²) in [6.07, 6.45) is 18.8. The molecule has 3 aliphatic rings. The molecule has 1 aromatic rings. The molecule has 0 bridgehead atoms. The van der Waals surface area contributed by atoms with E-state index in [4.69, 9.17) is 0 Å². The van der Waals surface area contributed by atoms with Gasteiger partial charge in [-0.1, -0.05) is 30.4 Å². The van der Waals surface area contributed by atoms with Crippen molar-refractivity contribution < 1.29 is 4.39 Å². The van der Waals surface area contributed by atoms with E-state index in [0.717, 1.165) is 42.8 Å². The van der Waals surface area contributed by atoms with Crippen LogP contribution < -0.4 is 0 Å². The van der Waals surface area contributed by atoms with Crippen molar-refractivity contribution in [1.82, 2.24) is 0 Å². The van der Waals surface area contributed by atoms with Crippen LogP contribution >= 0.6 is 0 Å². The molecule has 2 saturated carbocycles. The Morgan fingerprint density at radius 1 is 0.926 bits per heavy atom. The molecule has 0 N–H and O–H groups in total. The Labute approximate surface area is 164 Å². The van der Waals surface area contributed by atoms with Crippen molar-refractivity contribution in [2.24, 2.45) is 29.6 Å². The summed E-state index contributed by atoms with van der Waals surface area (Å²) in [5.41, 5.74) is 4.71. The van der Waals surface area contributed by atoms with Gasteiger partial charge < -0.3 is 0 Å². The molecular weight excluding hydrogens is 331 g/mol. The Balaban J connectivity index is 1.35. The molecule has 0 radical (unpaired) electrons. The molecule has 0 aliphatic heterocycles. The third kappa shape index (κ3) is 4.39. The molecule has 146 valence electrons. The van der Waals surface area contributed by atoms with E-state index in [-0.39, 0.29) is 0 Å². The highest BCUT2D eigenvalue weighted by molar-refractivity contribution is 5.34. The highest BCUT2D eigenvalue weighted by atomic mass is 19.1. The van der Waals surface area contributed by atoms with Gasteiger partial charge in [0.1, 0.15) is 0 Å². The molecule has 0 heterocycles. The van der Waals surface area contributed by atoms with Crippen LogP contribution in [0, 0.1) is 29.6 Å². The Bertz CT molecular complexity index is 673. The van der Waals surface area contributed by atoms with Crippen LogP contribution in [0.3, 0.4) is 0 Å². The van der Waals surface area contributed by atoms with Crippen molar-refractivity contribution in [2.75, 3.05) is 0 Å². The van der Waals surface area contributed by atoms with Crippen LogP contribution in [0.4, 0.5) is 4.39 Å². The van der Waals surface area contributed by atoms with E-state index in [9.17, 15) is 4.39 Å². The molecule has 0 spiro atoms. The smallest absolute Gasteiger partial charge is 0.0829 e. The lowest BCUT2D eigenvalue weighted by Gasteiger charge is -2.44. The van der Waals surface area contributed by atoms with Gasteiger partial charge in [0.05, 0.1) is 6.33 Å². The molecule has 0 amide bonds. The summed E-state index contributed by atoms with van der Waals surface area (Å²) in [5.74, 6) is 4.09. The Morgan fingerprint density at radius 2 is 1.70 bits per heavy atom. The molecule has 2 fully saturated rings. The lowest BCUT2D eigenvalue weighted by molar-refractivity contribution is 0.0809. The van der Waals surface area contributed by atoms with Crippen LogP contribution in [0.15, 0.2) is 43.3 Å². The van der Waals surface area contributed by atoms with Crippen molar-refractivity contribution in [3.8, 4) is 0 Å². The largest absolute Gasteiger partial charge is 0.216 e. The van der Waals surface area contributed by atoms with Crippen LogP contribution in [0.25, 0.3) is 0 Å². The zero-order chi connectivity index (χ0) is 18.6. The van der Waals surface area contributed by atoms with Gasteiger partial charge in [0, 0.05) is 0 Å². The van der Waals surface area contributed by atoms with E-state index in [1.165, 1.54) is 63.4 Å². The maximum atomic E-state index is 12.5. The molecule has 27 heavy (non-hydrogen) atoms. The van der Waals surface area contributed by atoms with Crippen molar-refractivity contribution in [3.05, 3.63) is 60.0 Å².